The molecule has 0 radical (unpaired) electrons. The molecule has 1 aromatic rings. The van der Waals surface area contributed by atoms with E-state index in [0.29, 0.717) is 11.8 Å². The van der Waals surface area contributed by atoms with E-state index in [4.69, 9.17) is 0 Å². The van der Waals surface area contributed by atoms with Gasteiger partial charge < -0.3 is 4.90 Å². The van der Waals surface area contributed by atoms with Gasteiger partial charge in [0, 0.05) is 18.8 Å². The second kappa shape index (κ2) is 7.72. The number of aryl methyl sites for hydroxylation is 1. The van der Waals surface area contributed by atoms with Gasteiger partial charge in [0.1, 0.15) is 0 Å². The van der Waals surface area contributed by atoms with E-state index in [2.05, 4.69) is 31.2 Å². The van der Waals surface area contributed by atoms with E-state index in [0.717, 1.165) is 5.75 Å². The SMILES string of the molecule is Cc1ccc(CSCC(=O)N(C)C2CCCCC2)cc1. The van der Waals surface area contributed by atoms with Crippen LogP contribution >= 0.6 is 11.8 Å². The van der Waals surface area contributed by atoms with Crippen LogP contribution in [0.15, 0.2) is 24.3 Å². The Balaban J connectivity index is 1.72. The third-order valence-electron chi connectivity index (χ3n) is 4.13. The fourth-order valence-electron chi connectivity index (χ4n) is 2.71. The lowest BCUT2D eigenvalue weighted by Gasteiger charge is -2.31. The summed E-state index contributed by atoms with van der Waals surface area (Å²) in [5, 5.41) is 0. The summed E-state index contributed by atoms with van der Waals surface area (Å²) in [6, 6.07) is 9.05. The Morgan fingerprint density at radius 3 is 2.50 bits per heavy atom. The summed E-state index contributed by atoms with van der Waals surface area (Å²) in [7, 11) is 1.98. The molecule has 2 nitrogen and oxygen atoms in total. The lowest BCUT2D eigenvalue weighted by atomic mass is 9.94. The van der Waals surface area contributed by atoms with E-state index in [1.165, 1.54) is 43.2 Å². The first-order chi connectivity index (χ1) is 9.66. The summed E-state index contributed by atoms with van der Waals surface area (Å²) >= 11 is 1.72. The maximum absolute atomic E-state index is 12.2. The van der Waals surface area contributed by atoms with Crippen molar-refractivity contribution in [1.29, 1.82) is 0 Å². The van der Waals surface area contributed by atoms with E-state index in [9.17, 15) is 4.79 Å². The third kappa shape index (κ3) is 4.55. The minimum Gasteiger partial charge on any atom is -0.342 e. The maximum atomic E-state index is 12.2. The molecule has 0 atom stereocenters. The molecule has 0 aromatic heterocycles. The average molecular weight is 291 g/mol. The van der Waals surface area contributed by atoms with Gasteiger partial charge in [0.15, 0.2) is 0 Å². The van der Waals surface area contributed by atoms with Crippen molar-refractivity contribution < 1.29 is 4.79 Å². The highest BCUT2D eigenvalue weighted by molar-refractivity contribution is 7.99. The molecule has 0 unspecified atom stereocenters. The monoisotopic (exact) mass is 291 g/mol. The zero-order valence-corrected chi connectivity index (χ0v) is 13.4. The van der Waals surface area contributed by atoms with E-state index >= 15 is 0 Å². The lowest BCUT2D eigenvalue weighted by molar-refractivity contribution is -0.129. The predicted octanol–water partition coefficient (Wildman–Crippen LogP) is 4.02. The van der Waals surface area contributed by atoms with Gasteiger partial charge in [-0.25, -0.2) is 0 Å². The second-order valence-corrected chi connectivity index (χ2v) is 6.76. The molecular formula is C17H25NOS. The summed E-state index contributed by atoms with van der Waals surface area (Å²) in [4.78, 5) is 14.2. The van der Waals surface area contributed by atoms with Gasteiger partial charge in [0.05, 0.1) is 5.75 Å². The number of rotatable bonds is 5. The quantitative estimate of drug-likeness (QED) is 0.816. The first-order valence-electron chi connectivity index (χ1n) is 7.56. The molecular weight excluding hydrogens is 266 g/mol. The topological polar surface area (TPSA) is 20.3 Å². The van der Waals surface area contributed by atoms with Crippen molar-refractivity contribution in [3.63, 3.8) is 0 Å². The molecule has 1 aromatic carbocycles. The van der Waals surface area contributed by atoms with E-state index < -0.39 is 0 Å². The van der Waals surface area contributed by atoms with Crippen molar-refractivity contribution in [3.8, 4) is 0 Å². The minimum absolute atomic E-state index is 0.286. The molecule has 0 spiro atoms. The molecule has 1 amide bonds. The van der Waals surface area contributed by atoms with Gasteiger partial charge in [-0.1, -0.05) is 49.1 Å². The molecule has 110 valence electrons. The summed E-state index contributed by atoms with van der Waals surface area (Å²) in [6.07, 6.45) is 6.26. The molecule has 0 saturated heterocycles. The third-order valence-corrected chi connectivity index (χ3v) is 5.12. The van der Waals surface area contributed by atoms with Gasteiger partial charge in [-0.3, -0.25) is 4.79 Å². The van der Waals surface area contributed by atoms with Crippen LogP contribution in [-0.2, 0) is 10.5 Å². The Morgan fingerprint density at radius 1 is 1.20 bits per heavy atom. The van der Waals surface area contributed by atoms with Gasteiger partial charge >= 0.3 is 0 Å². The number of carbonyl (C=O) groups excluding carboxylic acids is 1. The van der Waals surface area contributed by atoms with Crippen molar-refractivity contribution >= 4 is 17.7 Å². The van der Waals surface area contributed by atoms with Crippen molar-refractivity contribution in [3.05, 3.63) is 35.4 Å². The summed E-state index contributed by atoms with van der Waals surface area (Å²) in [5.74, 6) is 1.81. The molecule has 0 heterocycles. The minimum atomic E-state index is 0.286. The standard InChI is InChI=1S/C17H25NOS/c1-14-8-10-15(11-9-14)12-20-13-17(19)18(2)16-6-4-3-5-7-16/h8-11,16H,3-7,12-13H2,1-2H3. The lowest BCUT2D eigenvalue weighted by Crippen LogP contribution is -2.39. The molecule has 2 rings (SSSR count). The number of benzene rings is 1. The molecule has 0 N–H and O–H groups in total. The van der Waals surface area contributed by atoms with Gasteiger partial charge in [-0.15, -0.1) is 11.8 Å². The Bertz CT molecular complexity index is 423. The first kappa shape index (κ1) is 15.4. The Hall–Kier alpha value is -0.960. The largest absolute Gasteiger partial charge is 0.342 e. The van der Waals surface area contributed by atoms with Gasteiger partial charge in [-0.2, -0.15) is 0 Å². The predicted molar refractivity (Wildman–Crippen MR) is 87.0 cm³/mol. The zero-order valence-electron chi connectivity index (χ0n) is 12.6. The smallest absolute Gasteiger partial charge is 0.232 e. The normalized spacial score (nSPS) is 16.1. The first-order valence-corrected chi connectivity index (χ1v) is 8.71. The second-order valence-electron chi connectivity index (χ2n) is 5.77. The van der Waals surface area contributed by atoms with Crippen molar-refractivity contribution in [2.75, 3.05) is 12.8 Å². The Labute approximate surface area is 126 Å². The number of hydrogen-bond donors (Lipinski definition) is 0. The van der Waals surface area contributed by atoms with Crippen LogP contribution in [0.4, 0.5) is 0 Å². The van der Waals surface area contributed by atoms with Crippen LogP contribution in [0, 0.1) is 6.92 Å². The molecule has 0 aliphatic heterocycles. The van der Waals surface area contributed by atoms with Crippen molar-refractivity contribution in [2.24, 2.45) is 0 Å². The van der Waals surface area contributed by atoms with E-state index in [-0.39, 0.29) is 5.91 Å². The highest BCUT2D eigenvalue weighted by Crippen LogP contribution is 2.22. The number of amides is 1. The summed E-state index contributed by atoms with van der Waals surface area (Å²) in [6.45, 7) is 2.10. The van der Waals surface area contributed by atoms with Crippen LogP contribution in [0.1, 0.15) is 43.2 Å². The molecule has 1 aliphatic carbocycles. The molecule has 0 bridgehead atoms. The summed E-state index contributed by atoms with van der Waals surface area (Å²) < 4.78 is 0. The van der Waals surface area contributed by atoms with Crippen LogP contribution in [0.2, 0.25) is 0 Å². The fraction of sp³-hybridized carbons (Fsp3) is 0.588. The van der Waals surface area contributed by atoms with Crippen LogP contribution in [0.25, 0.3) is 0 Å². The molecule has 20 heavy (non-hydrogen) atoms. The zero-order chi connectivity index (χ0) is 14.4. The van der Waals surface area contributed by atoms with Gasteiger partial charge in [0.2, 0.25) is 5.91 Å². The van der Waals surface area contributed by atoms with Crippen LogP contribution < -0.4 is 0 Å². The number of nitrogens with zero attached hydrogens (tertiary/aromatic N) is 1. The number of hydrogen-bond acceptors (Lipinski definition) is 2. The Morgan fingerprint density at radius 2 is 1.85 bits per heavy atom. The molecule has 1 aliphatic rings. The van der Waals surface area contributed by atoms with E-state index in [1.807, 2.05) is 11.9 Å². The fourth-order valence-corrected chi connectivity index (χ4v) is 3.62. The molecule has 3 heteroatoms. The van der Waals surface area contributed by atoms with E-state index in [1.54, 1.807) is 11.8 Å². The van der Waals surface area contributed by atoms with Crippen molar-refractivity contribution in [2.45, 2.75) is 50.8 Å². The number of carbonyl (C=O) groups is 1. The highest BCUT2D eigenvalue weighted by atomic mass is 32.2. The molecule has 1 saturated carbocycles. The molecule has 1 fully saturated rings. The van der Waals surface area contributed by atoms with Gasteiger partial charge in [-0.05, 0) is 25.3 Å². The van der Waals surface area contributed by atoms with Crippen molar-refractivity contribution in [1.82, 2.24) is 4.90 Å². The highest BCUT2D eigenvalue weighted by Gasteiger charge is 2.21. The van der Waals surface area contributed by atoms with Crippen LogP contribution in [-0.4, -0.2) is 29.6 Å². The Kier molecular flexibility index (Phi) is 5.96. The van der Waals surface area contributed by atoms with Crippen LogP contribution in [0.3, 0.4) is 0 Å². The summed E-state index contributed by atoms with van der Waals surface area (Å²) in [5.41, 5.74) is 2.58. The number of thioether (sulfide) groups is 1. The van der Waals surface area contributed by atoms with Crippen LogP contribution in [0.5, 0.6) is 0 Å². The van der Waals surface area contributed by atoms with Gasteiger partial charge in [0.25, 0.3) is 0 Å². The maximum Gasteiger partial charge on any atom is 0.232 e. The average Bonchev–Trinajstić information content (AvgIpc) is 2.49.